The fourth-order valence-corrected chi connectivity index (χ4v) is 3.15. The van der Waals surface area contributed by atoms with Crippen molar-refractivity contribution in [3.8, 4) is 5.69 Å². The van der Waals surface area contributed by atoms with E-state index < -0.39 is 0 Å². The van der Waals surface area contributed by atoms with E-state index in [0.717, 1.165) is 18.5 Å². The number of benzene rings is 1. The van der Waals surface area contributed by atoms with E-state index in [0.29, 0.717) is 23.1 Å². The van der Waals surface area contributed by atoms with Gasteiger partial charge in [-0.25, -0.2) is 4.68 Å². The lowest BCUT2D eigenvalue weighted by Crippen LogP contribution is -2.38. The van der Waals surface area contributed by atoms with Crippen molar-refractivity contribution in [1.29, 1.82) is 0 Å². The summed E-state index contributed by atoms with van der Waals surface area (Å²) in [5.74, 6) is 0.448. The van der Waals surface area contributed by atoms with E-state index in [1.807, 2.05) is 31.2 Å². The second kappa shape index (κ2) is 7.95. The van der Waals surface area contributed by atoms with E-state index in [1.54, 1.807) is 15.6 Å². The Kier molecular flexibility index (Phi) is 5.79. The molecule has 1 aromatic carbocycles. The highest BCUT2D eigenvalue weighted by atomic mass is 35.5. The molecule has 1 aliphatic carbocycles. The number of halogens is 1. The number of aromatic nitrogens is 2. The number of rotatable bonds is 6. The summed E-state index contributed by atoms with van der Waals surface area (Å²) in [6.07, 6.45) is 1.84. The molecule has 28 heavy (non-hydrogen) atoms. The number of likely N-dealkylation sites (N-methyl/N-ethyl adjacent to an activating group) is 1. The lowest BCUT2D eigenvalue weighted by molar-refractivity contribution is -0.135. The van der Waals surface area contributed by atoms with Crippen LogP contribution in [0.2, 0.25) is 5.02 Å². The molecule has 1 aromatic heterocycles. The van der Waals surface area contributed by atoms with E-state index in [4.69, 9.17) is 11.6 Å². The predicted octanol–water partition coefficient (Wildman–Crippen LogP) is 4.02. The van der Waals surface area contributed by atoms with Crippen molar-refractivity contribution >= 4 is 29.2 Å². The molecule has 0 aliphatic heterocycles. The maximum Gasteiger partial charge on any atom is 0.245 e. The van der Waals surface area contributed by atoms with Crippen LogP contribution >= 0.6 is 11.6 Å². The first-order valence-corrected chi connectivity index (χ1v) is 10.0. The molecule has 1 N–H and O–H groups in total. The lowest BCUT2D eigenvalue weighted by Gasteiger charge is -2.20. The summed E-state index contributed by atoms with van der Waals surface area (Å²) < 4.78 is 1.65. The van der Waals surface area contributed by atoms with Crippen molar-refractivity contribution in [2.24, 2.45) is 5.92 Å². The van der Waals surface area contributed by atoms with Crippen LogP contribution in [0.5, 0.6) is 0 Å². The monoisotopic (exact) mass is 402 g/mol. The Morgan fingerprint density at radius 3 is 2.54 bits per heavy atom. The Labute approximate surface area is 170 Å². The number of amides is 2. The predicted molar refractivity (Wildman–Crippen MR) is 111 cm³/mol. The summed E-state index contributed by atoms with van der Waals surface area (Å²) in [5.41, 5.74) is 1.34. The maximum atomic E-state index is 12.7. The second-order valence-corrected chi connectivity index (χ2v) is 8.61. The average molecular weight is 403 g/mol. The van der Waals surface area contributed by atoms with Gasteiger partial charge in [-0.2, -0.15) is 5.10 Å². The summed E-state index contributed by atoms with van der Waals surface area (Å²) in [6.45, 7) is 8.62. The van der Waals surface area contributed by atoms with Crippen LogP contribution in [0.3, 0.4) is 0 Å². The molecule has 1 aliphatic rings. The molecule has 0 bridgehead atoms. The van der Waals surface area contributed by atoms with Crippen molar-refractivity contribution in [2.45, 2.75) is 46.0 Å². The Hall–Kier alpha value is -2.34. The average Bonchev–Trinajstić information content (AvgIpc) is 3.39. The standard InChI is InChI=1S/C21H27ClN4O2/c1-5-25(20(28)14-10-11-14)13-19(27)23-18-12-17(21(2,3)4)24-26(18)16-9-7-6-8-15(16)22/h6-9,12,14H,5,10-11,13H2,1-4H3,(H,23,27). The van der Waals surface area contributed by atoms with Gasteiger partial charge in [0.1, 0.15) is 5.82 Å². The molecule has 0 spiro atoms. The number of carbonyl (C=O) groups is 2. The number of nitrogens with zero attached hydrogens (tertiary/aromatic N) is 3. The number of para-hydroxylation sites is 1. The topological polar surface area (TPSA) is 67.2 Å². The van der Waals surface area contributed by atoms with Gasteiger partial charge in [-0.05, 0) is 31.9 Å². The van der Waals surface area contributed by atoms with Crippen LogP contribution < -0.4 is 5.32 Å². The van der Waals surface area contributed by atoms with Crippen LogP contribution in [0.1, 0.15) is 46.2 Å². The zero-order valence-electron chi connectivity index (χ0n) is 16.8. The van der Waals surface area contributed by atoms with Gasteiger partial charge in [0.05, 0.1) is 22.9 Å². The number of anilines is 1. The molecule has 2 aromatic rings. The normalized spacial score (nSPS) is 14.0. The van der Waals surface area contributed by atoms with Crippen molar-refractivity contribution in [3.63, 3.8) is 0 Å². The van der Waals surface area contributed by atoms with E-state index in [-0.39, 0.29) is 29.7 Å². The van der Waals surface area contributed by atoms with Crippen molar-refractivity contribution in [1.82, 2.24) is 14.7 Å². The van der Waals surface area contributed by atoms with Crippen molar-refractivity contribution in [3.05, 3.63) is 41.0 Å². The summed E-state index contributed by atoms with van der Waals surface area (Å²) in [6, 6.07) is 9.22. The Morgan fingerprint density at radius 2 is 1.96 bits per heavy atom. The zero-order valence-corrected chi connectivity index (χ0v) is 17.6. The Balaban J connectivity index is 1.85. The molecule has 1 fully saturated rings. The molecule has 0 saturated heterocycles. The summed E-state index contributed by atoms with van der Waals surface area (Å²) in [4.78, 5) is 26.6. The molecular formula is C21H27ClN4O2. The minimum absolute atomic E-state index is 0.0321. The molecule has 6 nitrogen and oxygen atoms in total. The first kappa shape index (κ1) is 20.4. The minimum atomic E-state index is -0.246. The first-order valence-electron chi connectivity index (χ1n) is 9.64. The highest BCUT2D eigenvalue weighted by Crippen LogP contribution is 2.31. The van der Waals surface area contributed by atoms with Crippen LogP contribution in [0.15, 0.2) is 30.3 Å². The van der Waals surface area contributed by atoms with Crippen LogP contribution in [-0.4, -0.2) is 39.6 Å². The third-order valence-corrected chi connectivity index (χ3v) is 5.10. The SMILES string of the molecule is CCN(CC(=O)Nc1cc(C(C)(C)C)nn1-c1ccccc1Cl)C(=O)C1CC1. The van der Waals surface area contributed by atoms with Gasteiger partial charge < -0.3 is 10.2 Å². The van der Waals surface area contributed by atoms with Crippen LogP contribution in [0.25, 0.3) is 5.69 Å². The first-order chi connectivity index (χ1) is 13.2. The molecule has 150 valence electrons. The van der Waals surface area contributed by atoms with Gasteiger partial charge in [0.15, 0.2) is 0 Å². The summed E-state index contributed by atoms with van der Waals surface area (Å²) in [7, 11) is 0. The van der Waals surface area contributed by atoms with Gasteiger partial charge in [0, 0.05) is 23.9 Å². The highest BCUT2D eigenvalue weighted by Gasteiger charge is 2.33. The van der Waals surface area contributed by atoms with Gasteiger partial charge in [-0.15, -0.1) is 0 Å². The fraction of sp³-hybridized carbons (Fsp3) is 0.476. The van der Waals surface area contributed by atoms with Crippen LogP contribution in [0.4, 0.5) is 5.82 Å². The van der Waals surface area contributed by atoms with Gasteiger partial charge in [-0.3, -0.25) is 9.59 Å². The second-order valence-electron chi connectivity index (χ2n) is 8.20. The molecule has 0 unspecified atom stereocenters. The molecule has 2 amide bonds. The van der Waals surface area contributed by atoms with Crippen molar-refractivity contribution < 1.29 is 9.59 Å². The largest absolute Gasteiger partial charge is 0.333 e. The van der Waals surface area contributed by atoms with E-state index in [2.05, 4.69) is 31.2 Å². The molecule has 1 saturated carbocycles. The van der Waals surface area contributed by atoms with Crippen molar-refractivity contribution in [2.75, 3.05) is 18.4 Å². The third kappa shape index (κ3) is 4.55. The molecule has 0 atom stereocenters. The zero-order chi connectivity index (χ0) is 20.5. The minimum Gasteiger partial charge on any atom is -0.333 e. The third-order valence-electron chi connectivity index (χ3n) is 4.78. The highest BCUT2D eigenvalue weighted by molar-refractivity contribution is 6.32. The Morgan fingerprint density at radius 1 is 1.29 bits per heavy atom. The quantitative estimate of drug-likeness (QED) is 0.793. The van der Waals surface area contributed by atoms with Gasteiger partial charge in [0.2, 0.25) is 11.8 Å². The fourth-order valence-electron chi connectivity index (χ4n) is 2.93. The number of hydrogen-bond donors (Lipinski definition) is 1. The van der Waals surface area contributed by atoms with E-state index in [1.165, 1.54) is 0 Å². The number of nitrogens with one attached hydrogen (secondary N) is 1. The number of hydrogen-bond acceptors (Lipinski definition) is 3. The summed E-state index contributed by atoms with van der Waals surface area (Å²) >= 11 is 6.35. The molecular weight excluding hydrogens is 376 g/mol. The molecule has 0 radical (unpaired) electrons. The lowest BCUT2D eigenvalue weighted by atomic mass is 9.92. The maximum absolute atomic E-state index is 12.7. The smallest absolute Gasteiger partial charge is 0.245 e. The van der Waals surface area contributed by atoms with Gasteiger partial charge in [-0.1, -0.05) is 44.5 Å². The van der Waals surface area contributed by atoms with Gasteiger partial charge >= 0.3 is 0 Å². The molecule has 1 heterocycles. The Bertz CT molecular complexity index is 881. The number of carbonyl (C=O) groups excluding carboxylic acids is 2. The van der Waals surface area contributed by atoms with Crippen LogP contribution in [0, 0.1) is 5.92 Å². The van der Waals surface area contributed by atoms with Crippen LogP contribution in [-0.2, 0) is 15.0 Å². The van der Waals surface area contributed by atoms with E-state index >= 15 is 0 Å². The molecule has 7 heteroatoms. The molecule has 3 rings (SSSR count). The summed E-state index contributed by atoms with van der Waals surface area (Å²) in [5, 5.41) is 8.13. The van der Waals surface area contributed by atoms with Gasteiger partial charge in [0.25, 0.3) is 0 Å². The van der Waals surface area contributed by atoms with E-state index in [9.17, 15) is 9.59 Å².